The van der Waals surface area contributed by atoms with Crippen molar-refractivity contribution in [1.29, 1.82) is 0 Å². The monoisotopic (exact) mass is 480 g/mol. The molecule has 0 bridgehead atoms. The summed E-state index contributed by atoms with van der Waals surface area (Å²) in [6, 6.07) is 7.78. The number of hydrogen-bond acceptors (Lipinski definition) is 6. The number of nitrogens with zero attached hydrogens (tertiary/aromatic N) is 2. The molecule has 1 fully saturated rings. The maximum Gasteiger partial charge on any atom is 0.323 e. The lowest BCUT2D eigenvalue weighted by Crippen LogP contribution is -2.38. The number of aromatic nitrogens is 3. The van der Waals surface area contributed by atoms with Gasteiger partial charge in [-0.15, -0.1) is 0 Å². The Labute approximate surface area is 206 Å². The molecular weight excluding hydrogens is 444 g/mol. The van der Waals surface area contributed by atoms with Gasteiger partial charge in [0.05, 0.1) is 23.7 Å². The summed E-state index contributed by atoms with van der Waals surface area (Å²) in [5.41, 5.74) is 4.43. The molecule has 2 aromatic heterocycles. The summed E-state index contributed by atoms with van der Waals surface area (Å²) in [7, 11) is 0. The lowest BCUT2D eigenvalue weighted by atomic mass is 10.0. The van der Waals surface area contributed by atoms with Crippen molar-refractivity contribution in [2.75, 3.05) is 13.2 Å². The van der Waals surface area contributed by atoms with Gasteiger partial charge >= 0.3 is 5.97 Å². The Bertz CT molecular complexity index is 1220. The van der Waals surface area contributed by atoms with Crippen molar-refractivity contribution in [2.24, 2.45) is 5.92 Å². The number of benzene rings is 1. The summed E-state index contributed by atoms with van der Waals surface area (Å²) >= 11 is 0. The molecular formula is C27H36N4O4. The molecule has 8 nitrogen and oxygen atoms in total. The van der Waals surface area contributed by atoms with E-state index in [0.717, 1.165) is 60.6 Å². The average Bonchev–Trinajstić information content (AvgIpc) is 3.19. The first-order valence-electron chi connectivity index (χ1n) is 12.6. The lowest BCUT2D eigenvalue weighted by molar-refractivity contribution is -0.150. The lowest BCUT2D eigenvalue weighted by Gasteiger charge is -2.23. The topological polar surface area (TPSA) is 98.2 Å². The molecule has 2 atom stereocenters. The zero-order valence-electron chi connectivity index (χ0n) is 21.1. The smallest absolute Gasteiger partial charge is 0.323 e. The van der Waals surface area contributed by atoms with E-state index in [2.05, 4.69) is 33.1 Å². The van der Waals surface area contributed by atoms with Crippen molar-refractivity contribution in [3.63, 3.8) is 0 Å². The molecule has 0 spiro atoms. The van der Waals surface area contributed by atoms with E-state index >= 15 is 0 Å². The molecule has 1 unspecified atom stereocenters. The van der Waals surface area contributed by atoms with Crippen LogP contribution >= 0.6 is 0 Å². The van der Waals surface area contributed by atoms with E-state index in [4.69, 9.17) is 14.5 Å². The van der Waals surface area contributed by atoms with Gasteiger partial charge in [-0.25, -0.2) is 4.98 Å². The molecule has 2 N–H and O–H groups in total. The Hall–Kier alpha value is -2.97. The molecule has 1 saturated heterocycles. The third kappa shape index (κ3) is 6.00. The number of aromatic amines is 1. The second-order valence-corrected chi connectivity index (χ2v) is 9.68. The number of esters is 1. The fourth-order valence-corrected chi connectivity index (χ4v) is 4.58. The largest absolute Gasteiger partial charge is 0.462 e. The van der Waals surface area contributed by atoms with Crippen molar-refractivity contribution in [3.05, 3.63) is 51.9 Å². The van der Waals surface area contributed by atoms with Crippen LogP contribution in [0.25, 0.3) is 22.4 Å². The van der Waals surface area contributed by atoms with Gasteiger partial charge in [-0.1, -0.05) is 13.0 Å². The number of hydrogen-bond donors (Lipinski definition) is 2. The van der Waals surface area contributed by atoms with Gasteiger partial charge in [0.25, 0.3) is 5.56 Å². The number of aryl methyl sites for hydroxylation is 1. The normalized spacial score (nSPS) is 17.1. The van der Waals surface area contributed by atoms with Gasteiger partial charge in [0.15, 0.2) is 0 Å². The molecule has 35 heavy (non-hydrogen) atoms. The minimum absolute atomic E-state index is 0.0908. The van der Waals surface area contributed by atoms with E-state index in [9.17, 15) is 9.59 Å². The van der Waals surface area contributed by atoms with Crippen LogP contribution in [0.15, 0.2) is 35.3 Å². The summed E-state index contributed by atoms with van der Waals surface area (Å²) in [6.07, 6.45) is 4.44. The third-order valence-electron chi connectivity index (χ3n) is 6.45. The minimum Gasteiger partial charge on any atom is -0.462 e. The Kier molecular flexibility index (Phi) is 8.03. The van der Waals surface area contributed by atoms with Gasteiger partial charge in [0, 0.05) is 42.9 Å². The highest BCUT2D eigenvalue weighted by Crippen LogP contribution is 2.28. The van der Waals surface area contributed by atoms with Crippen LogP contribution in [0.1, 0.15) is 51.2 Å². The van der Waals surface area contributed by atoms with Crippen molar-refractivity contribution >= 4 is 17.0 Å². The second-order valence-electron chi connectivity index (χ2n) is 9.68. The molecule has 0 aliphatic carbocycles. The Balaban J connectivity index is 1.63. The quantitative estimate of drug-likeness (QED) is 0.450. The van der Waals surface area contributed by atoms with Crippen LogP contribution in [0, 0.1) is 12.8 Å². The number of imidazole rings is 1. The summed E-state index contributed by atoms with van der Waals surface area (Å²) in [4.78, 5) is 32.1. The van der Waals surface area contributed by atoms with E-state index in [1.165, 1.54) is 0 Å². The van der Waals surface area contributed by atoms with Crippen molar-refractivity contribution < 1.29 is 14.3 Å². The van der Waals surface area contributed by atoms with E-state index in [1.807, 2.05) is 33.8 Å². The van der Waals surface area contributed by atoms with Gasteiger partial charge in [-0.05, 0) is 63.8 Å². The molecule has 0 amide bonds. The zero-order chi connectivity index (χ0) is 24.9. The number of pyridine rings is 1. The molecule has 3 heterocycles. The van der Waals surface area contributed by atoms with Gasteiger partial charge in [0.2, 0.25) is 0 Å². The number of carbonyl (C=O) groups is 1. The highest BCUT2D eigenvalue weighted by atomic mass is 16.5. The van der Waals surface area contributed by atoms with E-state index in [0.29, 0.717) is 24.4 Å². The standard InChI is InChI=1S/C27H36N4O4/c1-5-22(27(33)35-17(2)3)28-13-19-8-9-24-23(12-19)30-25(21-11-18(4)26(32)29-14-21)31(24)15-20-7-6-10-34-16-20/h8-9,11-12,14,17,20,22,28H,5-7,10,13,15-16H2,1-4H3,(H,29,32)/t20?,22-/m0/s1. The second kappa shape index (κ2) is 11.2. The van der Waals surface area contributed by atoms with Crippen molar-refractivity contribution in [1.82, 2.24) is 19.9 Å². The first kappa shape index (κ1) is 25.1. The van der Waals surface area contributed by atoms with Crippen LogP contribution < -0.4 is 10.9 Å². The number of carbonyl (C=O) groups excluding carboxylic acids is 1. The van der Waals surface area contributed by atoms with E-state index < -0.39 is 0 Å². The molecule has 0 saturated carbocycles. The van der Waals surface area contributed by atoms with Crippen LogP contribution in [-0.2, 0) is 27.4 Å². The summed E-state index contributed by atoms with van der Waals surface area (Å²) in [5.74, 6) is 1.03. The number of fused-ring (bicyclic) bond motifs is 1. The summed E-state index contributed by atoms with van der Waals surface area (Å²) in [6.45, 7) is 10.4. The third-order valence-corrected chi connectivity index (χ3v) is 6.45. The van der Waals surface area contributed by atoms with Crippen molar-refractivity contribution in [3.8, 4) is 11.4 Å². The summed E-state index contributed by atoms with van der Waals surface area (Å²) < 4.78 is 13.3. The van der Waals surface area contributed by atoms with Crippen molar-refractivity contribution in [2.45, 2.75) is 72.2 Å². The number of H-pyrrole nitrogens is 1. The summed E-state index contributed by atoms with van der Waals surface area (Å²) in [5, 5.41) is 3.32. The van der Waals surface area contributed by atoms with E-state index in [1.54, 1.807) is 6.20 Å². The Morgan fingerprint density at radius 3 is 2.86 bits per heavy atom. The fourth-order valence-electron chi connectivity index (χ4n) is 4.58. The molecule has 1 aliphatic rings. The van der Waals surface area contributed by atoms with Gasteiger partial charge < -0.3 is 24.3 Å². The molecule has 8 heteroatoms. The fraction of sp³-hybridized carbons (Fsp3) is 0.519. The van der Waals surface area contributed by atoms with Crippen LogP contribution in [0.4, 0.5) is 0 Å². The molecule has 0 radical (unpaired) electrons. The Morgan fingerprint density at radius 1 is 1.34 bits per heavy atom. The average molecular weight is 481 g/mol. The van der Waals surface area contributed by atoms with Crippen LogP contribution in [0.5, 0.6) is 0 Å². The predicted octanol–water partition coefficient (Wildman–Crippen LogP) is 3.95. The Morgan fingerprint density at radius 2 is 2.17 bits per heavy atom. The minimum atomic E-state index is -0.350. The van der Waals surface area contributed by atoms with Crippen LogP contribution in [0.2, 0.25) is 0 Å². The number of rotatable bonds is 9. The van der Waals surface area contributed by atoms with Gasteiger partial charge in [-0.3, -0.25) is 9.59 Å². The molecule has 1 aromatic carbocycles. The van der Waals surface area contributed by atoms with Gasteiger partial charge in [0.1, 0.15) is 11.9 Å². The highest BCUT2D eigenvalue weighted by molar-refractivity contribution is 5.81. The van der Waals surface area contributed by atoms with Crippen LogP contribution in [-0.4, -0.2) is 45.9 Å². The van der Waals surface area contributed by atoms with E-state index in [-0.39, 0.29) is 23.7 Å². The molecule has 1 aliphatic heterocycles. The predicted molar refractivity (Wildman–Crippen MR) is 136 cm³/mol. The first-order valence-corrected chi connectivity index (χ1v) is 12.6. The first-order chi connectivity index (χ1) is 16.9. The number of nitrogens with one attached hydrogen (secondary N) is 2. The van der Waals surface area contributed by atoms with Gasteiger partial charge in [-0.2, -0.15) is 0 Å². The molecule has 4 rings (SSSR count). The molecule has 188 valence electrons. The maximum absolute atomic E-state index is 12.3. The van der Waals surface area contributed by atoms with Crippen LogP contribution in [0.3, 0.4) is 0 Å². The molecule has 3 aromatic rings. The SMILES string of the molecule is CC[C@H](NCc1ccc2c(c1)nc(-c1c[nH]c(=O)c(C)c1)n2CC1CCCOC1)C(=O)OC(C)C. The zero-order valence-corrected chi connectivity index (χ0v) is 21.1. The maximum atomic E-state index is 12.3. The highest BCUT2D eigenvalue weighted by Gasteiger charge is 2.21. The number of ether oxygens (including phenoxy) is 2.